The number of nitrogens with two attached hydrogens (primary N) is 1. The second-order valence-electron chi connectivity index (χ2n) is 3.17. The summed E-state index contributed by atoms with van der Waals surface area (Å²) in [5, 5.41) is 0. The summed E-state index contributed by atoms with van der Waals surface area (Å²) in [6.07, 6.45) is 2.96. The first-order valence-electron chi connectivity index (χ1n) is 4.25. The van der Waals surface area contributed by atoms with Crippen molar-refractivity contribution in [3.63, 3.8) is 0 Å². The Morgan fingerprint density at radius 1 is 1.67 bits per heavy atom. The molecule has 0 aliphatic carbocycles. The van der Waals surface area contributed by atoms with Crippen molar-refractivity contribution < 1.29 is 0 Å². The molecular formula is C9H13N3. The number of rotatable bonds is 1. The first-order valence-corrected chi connectivity index (χ1v) is 4.25. The van der Waals surface area contributed by atoms with Gasteiger partial charge in [0.25, 0.3) is 0 Å². The monoisotopic (exact) mass is 163 g/mol. The number of nitrogens with zero attached hydrogens (tertiary/aromatic N) is 2. The predicted molar refractivity (Wildman–Crippen MR) is 48.9 cm³/mol. The summed E-state index contributed by atoms with van der Waals surface area (Å²) in [6, 6.07) is 4.09. The van der Waals surface area contributed by atoms with E-state index in [9.17, 15) is 0 Å². The van der Waals surface area contributed by atoms with Crippen LogP contribution >= 0.6 is 0 Å². The van der Waals surface area contributed by atoms with Gasteiger partial charge in [-0.05, 0) is 25.0 Å². The average Bonchev–Trinajstić information content (AvgIpc) is 2.47. The second kappa shape index (κ2) is 2.75. The lowest BCUT2D eigenvalue weighted by molar-refractivity contribution is 0.676. The van der Waals surface area contributed by atoms with E-state index in [1.54, 1.807) is 0 Å². The van der Waals surface area contributed by atoms with Crippen LogP contribution in [0, 0.1) is 0 Å². The van der Waals surface area contributed by atoms with Gasteiger partial charge in [0.05, 0.1) is 6.17 Å². The molecule has 2 heterocycles. The Labute approximate surface area is 72.2 Å². The molecule has 2 rings (SSSR count). The van der Waals surface area contributed by atoms with E-state index in [1.807, 2.05) is 19.2 Å². The minimum Gasteiger partial charge on any atom is -0.341 e. The molecule has 0 aromatic carbocycles. The zero-order valence-corrected chi connectivity index (χ0v) is 7.20. The van der Waals surface area contributed by atoms with Crippen LogP contribution in [0.5, 0.6) is 0 Å². The lowest BCUT2D eigenvalue weighted by Gasteiger charge is -2.22. The molecule has 12 heavy (non-hydrogen) atoms. The minimum absolute atomic E-state index is 0.0705. The van der Waals surface area contributed by atoms with Gasteiger partial charge >= 0.3 is 0 Å². The summed E-state index contributed by atoms with van der Waals surface area (Å²) in [4.78, 5) is 6.44. The summed E-state index contributed by atoms with van der Waals surface area (Å²) >= 11 is 0. The number of fused-ring (bicyclic) bond motifs is 1. The fraction of sp³-hybridized carbons (Fsp3) is 0.444. The van der Waals surface area contributed by atoms with E-state index in [0.717, 1.165) is 18.8 Å². The van der Waals surface area contributed by atoms with Crippen molar-refractivity contribution in [1.82, 2.24) is 4.98 Å². The summed E-state index contributed by atoms with van der Waals surface area (Å²) in [6.45, 7) is 2.99. The van der Waals surface area contributed by atoms with E-state index in [-0.39, 0.29) is 6.17 Å². The molecular weight excluding hydrogens is 150 g/mol. The average molecular weight is 163 g/mol. The van der Waals surface area contributed by atoms with E-state index in [1.165, 1.54) is 5.56 Å². The molecule has 1 aliphatic rings. The van der Waals surface area contributed by atoms with Gasteiger partial charge in [0, 0.05) is 12.7 Å². The van der Waals surface area contributed by atoms with Gasteiger partial charge in [0.15, 0.2) is 0 Å². The molecule has 0 saturated heterocycles. The number of hydrogen-bond donors (Lipinski definition) is 1. The Kier molecular flexibility index (Phi) is 1.73. The third-order valence-corrected chi connectivity index (χ3v) is 2.25. The van der Waals surface area contributed by atoms with E-state index >= 15 is 0 Å². The molecule has 1 atom stereocenters. The van der Waals surface area contributed by atoms with Crippen molar-refractivity contribution >= 4 is 5.82 Å². The van der Waals surface area contributed by atoms with Crippen LogP contribution in [-0.2, 0) is 6.42 Å². The molecule has 1 aliphatic heterocycles. The molecule has 1 aromatic rings. The number of pyridine rings is 1. The lowest BCUT2D eigenvalue weighted by atomic mass is 10.2. The maximum Gasteiger partial charge on any atom is 0.133 e. The molecule has 0 amide bonds. The summed E-state index contributed by atoms with van der Waals surface area (Å²) < 4.78 is 0. The number of aromatic nitrogens is 1. The summed E-state index contributed by atoms with van der Waals surface area (Å²) in [5.74, 6) is 1.06. The van der Waals surface area contributed by atoms with Crippen LogP contribution in [-0.4, -0.2) is 17.7 Å². The molecule has 1 aromatic heterocycles. The van der Waals surface area contributed by atoms with Gasteiger partial charge in [-0.2, -0.15) is 0 Å². The molecule has 3 nitrogen and oxygen atoms in total. The van der Waals surface area contributed by atoms with Crippen LogP contribution in [0.1, 0.15) is 12.5 Å². The van der Waals surface area contributed by atoms with Gasteiger partial charge in [-0.1, -0.05) is 6.07 Å². The van der Waals surface area contributed by atoms with Crippen LogP contribution in [0.2, 0.25) is 0 Å². The van der Waals surface area contributed by atoms with Gasteiger partial charge in [-0.3, -0.25) is 0 Å². The van der Waals surface area contributed by atoms with Crippen molar-refractivity contribution in [2.24, 2.45) is 5.73 Å². The molecule has 0 bridgehead atoms. The van der Waals surface area contributed by atoms with Crippen LogP contribution in [0.25, 0.3) is 0 Å². The van der Waals surface area contributed by atoms with Crippen LogP contribution in [0.4, 0.5) is 5.82 Å². The highest BCUT2D eigenvalue weighted by atomic mass is 15.3. The van der Waals surface area contributed by atoms with Crippen molar-refractivity contribution in [3.8, 4) is 0 Å². The largest absolute Gasteiger partial charge is 0.341 e. The normalized spacial score (nSPS) is 17.7. The van der Waals surface area contributed by atoms with Crippen molar-refractivity contribution in [3.05, 3.63) is 23.9 Å². The highest BCUT2D eigenvalue weighted by Crippen LogP contribution is 2.25. The SMILES string of the molecule is CC(N)N1CCc2cccnc21. The predicted octanol–water partition coefficient (Wildman–Crippen LogP) is 0.749. The van der Waals surface area contributed by atoms with Gasteiger partial charge < -0.3 is 10.6 Å². The topological polar surface area (TPSA) is 42.1 Å². The number of hydrogen-bond acceptors (Lipinski definition) is 3. The van der Waals surface area contributed by atoms with E-state index in [0.29, 0.717) is 0 Å². The fourth-order valence-corrected chi connectivity index (χ4v) is 1.63. The molecule has 2 N–H and O–H groups in total. The summed E-state index contributed by atoms with van der Waals surface area (Å²) in [7, 11) is 0. The second-order valence-corrected chi connectivity index (χ2v) is 3.17. The first kappa shape index (κ1) is 7.55. The Hall–Kier alpha value is -1.09. The quantitative estimate of drug-likeness (QED) is 0.664. The zero-order valence-electron chi connectivity index (χ0n) is 7.20. The van der Waals surface area contributed by atoms with Crippen LogP contribution in [0.15, 0.2) is 18.3 Å². The van der Waals surface area contributed by atoms with Crippen molar-refractivity contribution in [2.45, 2.75) is 19.5 Å². The third-order valence-electron chi connectivity index (χ3n) is 2.25. The first-order chi connectivity index (χ1) is 5.79. The smallest absolute Gasteiger partial charge is 0.133 e. The molecule has 64 valence electrons. The number of anilines is 1. The summed E-state index contributed by atoms with van der Waals surface area (Å²) in [5.41, 5.74) is 7.11. The van der Waals surface area contributed by atoms with Gasteiger partial charge in [0.2, 0.25) is 0 Å². The molecule has 0 saturated carbocycles. The molecule has 0 spiro atoms. The Morgan fingerprint density at radius 2 is 2.50 bits per heavy atom. The van der Waals surface area contributed by atoms with Crippen molar-refractivity contribution in [1.29, 1.82) is 0 Å². The Balaban J connectivity index is 2.36. The van der Waals surface area contributed by atoms with Gasteiger partial charge in [-0.25, -0.2) is 4.98 Å². The van der Waals surface area contributed by atoms with Crippen molar-refractivity contribution in [2.75, 3.05) is 11.4 Å². The highest BCUT2D eigenvalue weighted by molar-refractivity contribution is 5.52. The minimum atomic E-state index is 0.0705. The van der Waals surface area contributed by atoms with Crippen LogP contribution in [0.3, 0.4) is 0 Å². The van der Waals surface area contributed by atoms with Gasteiger partial charge in [-0.15, -0.1) is 0 Å². The molecule has 0 fully saturated rings. The third kappa shape index (κ3) is 1.06. The maximum absolute atomic E-state index is 5.80. The van der Waals surface area contributed by atoms with E-state index < -0.39 is 0 Å². The molecule has 0 radical (unpaired) electrons. The zero-order chi connectivity index (χ0) is 8.55. The van der Waals surface area contributed by atoms with Crippen LogP contribution < -0.4 is 10.6 Å². The molecule has 1 unspecified atom stereocenters. The van der Waals surface area contributed by atoms with E-state index in [4.69, 9.17) is 5.73 Å². The Bertz CT molecular complexity index is 283. The van der Waals surface area contributed by atoms with E-state index in [2.05, 4.69) is 16.0 Å². The maximum atomic E-state index is 5.80. The standard InChI is InChI=1S/C9H13N3/c1-7(10)12-6-4-8-3-2-5-11-9(8)12/h2-3,5,7H,4,6,10H2,1H3. The fourth-order valence-electron chi connectivity index (χ4n) is 1.63. The highest BCUT2D eigenvalue weighted by Gasteiger charge is 2.21. The Morgan fingerprint density at radius 3 is 3.25 bits per heavy atom. The lowest BCUT2D eigenvalue weighted by Crippen LogP contribution is -2.38. The molecule has 3 heteroatoms. The van der Waals surface area contributed by atoms with Gasteiger partial charge in [0.1, 0.15) is 5.82 Å².